The van der Waals surface area contributed by atoms with Crippen molar-refractivity contribution in [3.63, 3.8) is 0 Å². The molecule has 0 saturated carbocycles. The minimum atomic E-state index is 0.402. The Morgan fingerprint density at radius 2 is 0.438 bits per heavy atom. The molecule has 23 rings (SSSR count). The molecule has 0 aliphatic rings. The lowest BCUT2D eigenvalue weighted by Gasteiger charge is -2.11. The van der Waals surface area contributed by atoms with Gasteiger partial charge in [-0.2, -0.15) is 0 Å². The first-order valence-corrected chi connectivity index (χ1v) is 38.6. The number of aryl methyl sites for hydroxylation is 4. The number of para-hydroxylation sites is 8. The Morgan fingerprint density at radius 3 is 0.696 bits per heavy atom. The van der Waals surface area contributed by atoms with Gasteiger partial charge in [0, 0.05) is 145 Å². The van der Waals surface area contributed by atoms with Crippen molar-refractivity contribution in [3.05, 3.63) is 351 Å². The molecule has 0 aliphatic carbocycles. The van der Waals surface area contributed by atoms with E-state index in [9.17, 15) is 0 Å². The summed E-state index contributed by atoms with van der Waals surface area (Å²) in [5.41, 5.74) is 24.7. The van der Waals surface area contributed by atoms with Gasteiger partial charge in [0.25, 0.3) is 0 Å². The summed E-state index contributed by atoms with van der Waals surface area (Å²) in [6.45, 7) is 1.68. The Labute approximate surface area is 641 Å². The van der Waals surface area contributed by atoms with Crippen LogP contribution in [0.3, 0.4) is 0 Å². The molecule has 0 N–H and O–H groups in total. The van der Waals surface area contributed by atoms with Crippen LogP contribution in [0.1, 0.15) is 24.0 Å². The smallest absolute Gasteiger partial charge is 0.248 e. The van der Waals surface area contributed by atoms with E-state index >= 15 is 0 Å². The maximum absolute atomic E-state index is 6.40. The molecule has 8 aromatic heterocycles. The van der Waals surface area contributed by atoms with Gasteiger partial charge >= 0.3 is 0 Å². The highest BCUT2D eigenvalue weighted by atomic mass is 16.4. The second-order valence-corrected chi connectivity index (χ2v) is 29.6. The molecular weight excluding hydrogens is 1370 g/mol. The topological polar surface area (TPSA) is 107 Å². The van der Waals surface area contributed by atoms with Gasteiger partial charge in [-0.15, -0.1) is 20.4 Å². The van der Waals surface area contributed by atoms with Crippen molar-refractivity contribution in [1.82, 2.24) is 47.8 Å². The van der Waals surface area contributed by atoms with Crippen LogP contribution in [0.25, 0.3) is 199 Å². The monoisotopic (exact) mass is 1440 g/mol. The molecule has 12 heteroatoms. The fourth-order valence-corrected chi connectivity index (χ4v) is 18.2. The van der Waals surface area contributed by atoms with Gasteiger partial charge in [-0.1, -0.05) is 176 Å². The molecule has 112 heavy (non-hydrogen) atoms. The number of fused-ring (bicyclic) bond motifs is 18. The largest absolute Gasteiger partial charge is 0.416 e. The van der Waals surface area contributed by atoms with Gasteiger partial charge in [-0.25, -0.2) is 0 Å². The van der Waals surface area contributed by atoms with Gasteiger partial charge in [0.05, 0.1) is 44.1 Å². The summed E-state index contributed by atoms with van der Waals surface area (Å²) in [6, 6.07) is 123. The van der Waals surface area contributed by atoms with E-state index in [2.05, 4.69) is 363 Å². The van der Waals surface area contributed by atoms with E-state index in [0.717, 1.165) is 83.8 Å². The Hall–Kier alpha value is -14.6. The van der Waals surface area contributed by atoms with Crippen molar-refractivity contribution in [2.24, 2.45) is 0 Å². The van der Waals surface area contributed by atoms with Crippen LogP contribution in [0.4, 0.5) is 0 Å². The molecule has 0 fully saturated rings. The first-order chi connectivity index (χ1) is 55.5. The third-order valence-corrected chi connectivity index (χ3v) is 23.3. The molecular formula is C100H68N10O2. The van der Waals surface area contributed by atoms with Crippen LogP contribution in [0, 0.1) is 0 Å². The molecule has 530 valence electrons. The average Bonchev–Trinajstić information content (AvgIpc) is 1.58. The maximum atomic E-state index is 6.40. The van der Waals surface area contributed by atoms with Crippen LogP contribution < -0.4 is 0 Å². The van der Waals surface area contributed by atoms with Crippen molar-refractivity contribution >= 4 is 131 Å². The van der Waals surface area contributed by atoms with E-state index in [-0.39, 0.29) is 0 Å². The van der Waals surface area contributed by atoms with Crippen molar-refractivity contribution in [2.75, 3.05) is 0 Å². The Bertz CT molecular complexity index is 6710. The zero-order valence-electron chi connectivity index (χ0n) is 60.9. The van der Waals surface area contributed by atoms with Crippen LogP contribution in [-0.4, -0.2) is 47.8 Å². The van der Waals surface area contributed by atoms with Gasteiger partial charge < -0.3 is 36.2 Å². The second-order valence-electron chi connectivity index (χ2n) is 29.6. The summed E-state index contributed by atoms with van der Waals surface area (Å²) in [5, 5.41) is 33.0. The maximum Gasteiger partial charge on any atom is 0.248 e. The standard InChI is InChI=1S/C100H68N10O2/c1-9-32-89-73(24-1)74-25-2-10-33-90(74)107(89)69-48-52-85-81(59-69)82-60-70(108-91-34-11-3-26-75(91)76-27-4-12-35-92(76)108)49-53-86(82)105(85)56-18-20-63-40-44-65(45-41-63)97-101-103-99(111-97)67-22-17-23-68(58-67)100-104-102-98(112-100)66-46-42-64(43-47-66)21-19-57-106-87-54-50-71(109-93-36-13-5-28-77(93)78-29-6-14-37-94(78)109)61-83(87)84-62-72(51-55-88(84)106)110-95-38-15-7-30-79(95)80-31-8-16-39-96(80)110/h1-17,22-55,58-62H,18-21,56-57H2. The lowest BCUT2D eigenvalue weighted by atomic mass is 10.1. The van der Waals surface area contributed by atoms with E-state index in [0.29, 0.717) is 23.6 Å². The molecule has 0 bridgehead atoms. The van der Waals surface area contributed by atoms with Crippen LogP contribution in [-0.2, 0) is 25.9 Å². The molecule has 0 radical (unpaired) electrons. The normalized spacial score (nSPS) is 12.1. The Morgan fingerprint density at radius 1 is 0.196 bits per heavy atom. The first-order valence-electron chi connectivity index (χ1n) is 38.6. The number of benzene rings is 15. The van der Waals surface area contributed by atoms with Gasteiger partial charge in [0.15, 0.2) is 0 Å². The van der Waals surface area contributed by atoms with Crippen LogP contribution >= 0.6 is 0 Å². The van der Waals surface area contributed by atoms with Gasteiger partial charge in [-0.05, 0) is 201 Å². The molecule has 15 aromatic carbocycles. The minimum Gasteiger partial charge on any atom is -0.416 e. The Balaban J connectivity index is 0.479. The first kappa shape index (κ1) is 63.5. The molecule has 0 spiro atoms. The van der Waals surface area contributed by atoms with Crippen LogP contribution in [0.2, 0.25) is 0 Å². The Kier molecular flexibility index (Phi) is 14.5. The highest BCUT2D eigenvalue weighted by molar-refractivity contribution is 6.16. The van der Waals surface area contributed by atoms with E-state index < -0.39 is 0 Å². The summed E-state index contributed by atoms with van der Waals surface area (Å²) in [5.74, 6) is 1.70. The van der Waals surface area contributed by atoms with E-state index in [4.69, 9.17) is 8.83 Å². The van der Waals surface area contributed by atoms with Gasteiger partial charge in [0.2, 0.25) is 23.6 Å². The summed E-state index contributed by atoms with van der Waals surface area (Å²) in [4.78, 5) is 0. The van der Waals surface area contributed by atoms with Crippen molar-refractivity contribution < 1.29 is 8.83 Å². The third kappa shape index (κ3) is 10.1. The summed E-state index contributed by atoms with van der Waals surface area (Å²) in [6.07, 6.45) is 3.65. The molecule has 0 aliphatic heterocycles. The number of hydrogen-bond donors (Lipinski definition) is 0. The molecule has 8 heterocycles. The zero-order chi connectivity index (χ0) is 73.5. The minimum absolute atomic E-state index is 0.402. The van der Waals surface area contributed by atoms with Crippen molar-refractivity contribution in [1.29, 1.82) is 0 Å². The summed E-state index contributed by atoms with van der Waals surface area (Å²) in [7, 11) is 0. The van der Waals surface area contributed by atoms with Crippen LogP contribution in [0.5, 0.6) is 0 Å². The van der Waals surface area contributed by atoms with E-state index in [1.165, 1.54) is 142 Å². The van der Waals surface area contributed by atoms with Crippen molar-refractivity contribution in [2.45, 2.75) is 38.8 Å². The number of rotatable bonds is 16. The molecule has 0 atom stereocenters. The highest BCUT2D eigenvalue weighted by Crippen LogP contribution is 2.43. The van der Waals surface area contributed by atoms with Crippen molar-refractivity contribution in [3.8, 4) is 68.6 Å². The van der Waals surface area contributed by atoms with E-state index in [1.807, 2.05) is 24.3 Å². The third-order valence-electron chi connectivity index (χ3n) is 23.3. The number of aromatic nitrogens is 10. The zero-order valence-corrected chi connectivity index (χ0v) is 60.9. The van der Waals surface area contributed by atoms with Gasteiger partial charge in [-0.3, -0.25) is 0 Å². The predicted octanol–water partition coefficient (Wildman–Crippen LogP) is 25.0. The second kappa shape index (κ2) is 25.5. The molecule has 0 saturated heterocycles. The predicted molar refractivity (Wildman–Crippen MR) is 457 cm³/mol. The molecule has 23 aromatic rings. The SMILES string of the molecule is c1cc(-c2nnc(-c3ccc(CCCn4c5ccc(-n6c7ccccc7c7ccccc76)cc5c5cc(-n6c7ccccc7c7ccccc76)ccc54)cc3)o2)cc(-c2nnc(-c3ccc(CCCn4c5ccc(-n6c7ccccc7c7ccccc76)cc5c5cc(-n6c7ccccc7c7ccccc76)ccc54)cc3)o2)c1. The molecule has 0 unspecified atom stereocenters. The number of hydrogen-bond acceptors (Lipinski definition) is 6. The molecule has 0 amide bonds. The average molecular weight is 1440 g/mol. The number of nitrogens with zero attached hydrogens (tertiary/aromatic N) is 10. The quantitative estimate of drug-likeness (QED) is 0.0954. The lowest BCUT2D eigenvalue weighted by molar-refractivity contribution is 0.582. The van der Waals surface area contributed by atoms with Crippen LogP contribution in [0.15, 0.2) is 349 Å². The summed E-state index contributed by atoms with van der Waals surface area (Å²) >= 11 is 0. The van der Waals surface area contributed by atoms with Gasteiger partial charge in [0.1, 0.15) is 0 Å². The fraction of sp³-hybridized carbons (Fsp3) is 0.0600. The van der Waals surface area contributed by atoms with E-state index in [1.54, 1.807) is 0 Å². The molecule has 12 nitrogen and oxygen atoms in total. The summed E-state index contributed by atoms with van der Waals surface area (Å²) < 4.78 is 27.5. The highest BCUT2D eigenvalue weighted by Gasteiger charge is 2.23. The lowest BCUT2D eigenvalue weighted by Crippen LogP contribution is -2.00. The fourth-order valence-electron chi connectivity index (χ4n) is 18.2.